The lowest BCUT2D eigenvalue weighted by atomic mass is 10.1. The molecule has 0 aliphatic heterocycles. The summed E-state index contributed by atoms with van der Waals surface area (Å²) >= 11 is 5.90. The van der Waals surface area contributed by atoms with Gasteiger partial charge in [0, 0.05) is 11.8 Å². The number of aliphatic hydroxyl groups excluding tert-OH is 1. The number of halogens is 2. The Morgan fingerprint density at radius 2 is 2.12 bits per heavy atom. The summed E-state index contributed by atoms with van der Waals surface area (Å²) in [6.07, 6.45) is 3.22. The molecule has 130 valence electrons. The average Bonchev–Trinajstić information content (AvgIpc) is 3.06. The minimum Gasteiger partial charge on any atom is -0.478 e. The van der Waals surface area contributed by atoms with Gasteiger partial charge in [0.25, 0.3) is 0 Å². The molecule has 0 radical (unpaired) electrons. The van der Waals surface area contributed by atoms with Gasteiger partial charge in [-0.05, 0) is 36.2 Å². The van der Waals surface area contributed by atoms with Gasteiger partial charge in [0.05, 0.1) is 18.2 Å². The Labute approximate surface area is 148 Å². The lowest BCUT2D eigenvalue weighted by Gasteiger charge is -2.12. The van der Waals surface area contributed by atoms with Crippen LogP contribution in [0.25, 0.3) is 11.1 Å². The smallest absolute Gasteiger partial charge is 0.221 e. The monoisotopic (exact) mass is 362 g/mol. The Balaban J connectivity index is 1.97. The van der Waals surface area contributed by atoms with Gasteiger partial charge in [-0.25, -0.2) is 19.0 Å². The van der Waals surface area contributed by atoms with Gasteiger partial charge < -0.3 is 9.84 Å². The van der Waals surface area contributed by atoms with Crippen LogP contribution in [0.2, 0.25) is 5.02 Å². The number of hydrogen-bond acceptors (Lipinski definition) is 5. The average molecular weight is 363 g/mol. The Morgan fingerprint density at radius 1 is 1.28 bits per heavy atom. The fourth-order valence-electron chi connectivity index (χ4n) is 2.37. The SMILES string of the molecule is CCOc1ncc(Cn2cnc(CO)n2)cc1-c1ccc(F)c(Cl)c1. The molecule has 2 heterocycles. The molecule has 8 heteroatoms. The maximum atomic E-state index is 13.4. The van der Waals surface area contributed by atoms with Crippen molar-refractivity contribution in [3.8, 4) is 17.0 Å². The highest BCUT2D eigenvalue weighted by atomic mass is 35.5. The second kappa shape index (κ2) is 7.58. The number of pyridine rings is 1. The molecule has 3 rings (SSSR count). The maximum Gasteiger partial charge on any atom is 0.221 e. The maximum absolute atomic E-state index is 13.4. The lowest BCUT2D eigenvalue weighted by Crippen LogP contribution is -2.04. The molecule has 0 atom stereocenters. The van der Waals surface area contributed by atoms with Crippen molar-refractivity contribution >= 4 is 11.6 Å². The summed E-state index contributed by atoms with van der Waals surface area (Å²) in [7, 11) is 0. The van der Waals surface area contributed by atoms with Crippen molar-refractivity contribution in [3.05, 3.63) is 59.0 Å². The van der Waals surface area contributed by atoms with Gasteiger partial charge in [-0.2, -0.15) is 5.10 Å². The van der Waals surface area contributed by atoms with E-state index < -0.39 is 5.82 Å². The number of rotatable bonds is 6. The van der Waals surface area contributed by atoms with Crippen molar-refractivity contribution in [3.63, 3.8) is 0 Å². The van der Waals surface area contributed by atoms with Crippen LogP contribution in [0.5, 0.6) is 5.88 Å². The fourth-order valence-corrected chi connectivity index (χ4v) is 2.55. The predicted octanol–water partition coefficient (Wildman–Crippen LogP) is 3.07. The van der Waals surface area contributed by atoms with Crippen LogP contribution < -0.4 is 4.74 Å². The molecule has 0 unspecified atom stereocenters. The number of aromatic nitrogens is 4. The van der Waals surface area contributed by atoms with E-state index in [4.69, 9.17) is 21.4 Å². The molecule has 0 aliphatic rings. The minimum absolute atomic E-state index is 0.0363. The topological polar surface area (TPSA) is 73.1 Å². The van der Waals surface area contributed by atoms with Crippen LogP contribution in [0, 0.1) is 5.82 Å². The third kappa shape index (κ3) is 3.94. The predicted molar refractivity (Wildman–Crippen MR) is 90.9 cm³/mol. The normalized spacial score (nSPS) is 10.9. The Kier molecular flexibility index (Phi) is 5.25. The second-order valence-corrected chi connectivity index (χ2v) is 5.68. The molecule has 2 aromatic heterocycles. The summed E-state index contributed by atoms with van der Waals surface area (Å²) < 4.78 is 20.6. The number of nitrogens with zero attached hydrogens (tertiary/aromatic N) is 4. The van der Waals surface area contributed by atoms with Gasteiger partial charge >= 0.3 is 0 Å². The van der Waals surface area contributed by atoms with Crippen LogP contribution in [-0.2, 0) is 13.2 Å². The molecule has 1 aromatic carbocycles. The van der Waals surface area contributed by atoms with E-state index in [2.05, 4.69) is 15.1 Å². The number of aliphatic hydroxyl groups is 1. The largest absolute Gasteiger partial charge is 0.478 e. The van der Waals surface area contributed by atoms with Gasteiger partial charge in [0.2, 0.25) is 5.88 Å². The van der Waals surface area contributed by atoms with Gasteiger partial charge in [0.15, 0.2) is 5.82 Å². The number of benzene rings is 1. The van der Waals surface area contributed by atoms with Gasteiger partial charge in [-0.3, -0.25) is 0 Å². The highest BCUT2D eigenvalue weighted by molar-refractivity contribution is 6.31. The molecule has 3 aromatic rings. The molecule has 1 N–H and O–H groups in total. The van der Waals surface area contributed by atoms with Crippen molar-refractivity contribution in [2.75, 3.05) is 6.61 Å². The van der Waals surface area contributed by atoms with E-state index in [1.807, 2.05) is 13.0 Å². The van der Waals surface area contributed by atoms with E-state index in [1.54, 1.807) is 23.0 Å². The molecular weight excluding hydrogens is 347 g/mol. The molecule has 0 amide bonds. The van der Waals surface area contributed by atoms with E-state index in [1.165, 1.54) is 12.4 Å². The van der Waals surface area contributed by atoms with E-state index in [0.29, 0.717) is 36.0 Å². The Hall–Kier alpha value is -2.51. The third-order valence-corrected chi connectivity index (χ3v) is 3.78. The van der Waals surface area contributed by atoms with Gasteiger partial charge in [-0.1, -0.05) is 17.7 Å². The van der Waals surface area contributed by atoms with E-state index in [9.17, 15) is 4.39 Å². The summed E-state index contributed by atoms with van der Waals surface area (Å²) in [5, 5.41) is 13.2. The number of hydrogen-bond donors (Lipinski definition) is 1. The molecule has 0 saturated carbocycles. The first-order chi connectivity index (χ1) is 12.1. The highest BCUT2D eigenvalue weighted by Crippen LogP contribution is 2.31. The quantitative estimate of drug-likeness (QED) is 0.729. The van der Waals surface area contributed by atoms with Crippen LogP contribution in [0.15, 0.2) is 36.8 Å². The van der Waals surface area contributed by atoms with Gasteiger partial charge in [0.1, 0.15) is 18.8 Å². The molecule has 0 saturated heterocycles. The van der Waals surface area contributed by atoms with Crippen molar-refractivity contribution in [2.24, 2.45) is 0 Å². The lowest BCUT2D eigenvalue weighted by molar-refractivity contribution is 0.271. The van der Waals surface area contributed by atoms with E-state index in [-0.39, 0.29) is 11.6 Å². The van der Waals surface area contributed by atoms with E-state index >= 15 is 0 Å². The zero-order chi connectivity index (χ0) is 17.8. The van der Waals surface area contributed by atoms with Crippen molar-refractivity contribution in [2.45, 2.75) is 20.1 Å². The standard InChI is InChI=1S/C17H16ClFN4O2/c1-2-25-17-13(12-3-4-15(19)14(18)6-12)5-11(7-20-17)8-23-10-21-16(9-24)22-23/h3-7,10,24H,2,8-9H2,1H3. The van der Waals surface area contributed by atoms with E-state index in [0.717, 1.165) is 5.56 Å². The second-order valence-electron chi connectivity index (χ2n) is 5.27. The molecule has 0 fully saturated rings. The van der Waals surface area contributed by atoms with Crippen LogP contribution in [-0.4, -0.2) is 31.5 Å². The molecular formula is C17H16ClFN4O2. The molecule has 0 aliphatic carbocycles. The zero-order valence-electron chi connectivity index (χ0n) is 13.5. The summed E-state index contributed by atoms with van der Waals surface area (Å²) in [4.78, 5) is 8.33. The van der Waals surface area contributed by atoms with Gasteiger partial charge in [-0.15, -0.1) is 0 Å². The summed E-state index contributed by atoms with van der Waals surface area (Å²) in [6, 6.07) is 6.37. The Morgan fingerprint density at radius 3 is 2.80 bits per heavy atom. The molecule has 0 bridgehead atoms. The zero-order valence-corrected chi connectivity index (χ0v) is 14.2. The highest BCUT2D eigenvalue weighted by Gasteiger charge is 2.12. The summed E-state index contributed by atoms with van der Waals surface area (Å²) in [5.41, 5.74) is 2.27. The van der Waals surface area contributed by atoms with Crippen molar-refractivity contribution < 1.29 is 14.2 Å². The first kappa shape index (κ1) is 17.3. The van der Waals surface area contributed by atoms with Crippen LogP contribution >= 0.6 is 11.6 Å². The van der Waals surface area contributed by atoms with Crippen LogP contribution in [0.1, 0.15) is 18.3 Å². The fraction of sp³-hybridized carbons (Fsp3) is 0.235. The first-order valence-electron chi connectivity index (χ1n) is 7.67. The van der Waals surface area contributed by atoms with Crippen molar-refractivity contribution in [1.82, 2.24) is 19.7 Å². The van der Waals surface area contributed by atoms with Crippen LogP contribution in [0.3, 0.4) is 0 Å². The number of ether oxygens (including phenoxy) is 1. The minimum atomic E-state index is -0.480. The Bertz CT molecular complexity index is 885. The summed E-state index contributed by atoms with van der Waals surface area (Å²) in [5.74, 6) is 0.319. The molecule has 6 nitrogen and oxygen atoms in total. The summed E-state index contributed by atoms with van der Waals surface area (Å²) in [6.45, 7) is 2.53. The molecule has 0 spiro atoms. The first-order valence-corrected chi connectivity index (χ1v) is 8.04. The molecule has 25 heavy (non-hydrogen) atoms. The van der Waals surface area contributed by atoms with Crippen molar-refractivity contribution in [1.29, 1.82) is 0 Å². The third-order valence-electron chi connectivity index (χ3n) is 3.49. The van der Waals surface area contributed by atoms with Crippen LogP contribution in [0.4, 0.5) is 4.39 Å².